The molecule has 0 bridgehead atoms. The lowest BCUT2D eigenvalue weighted by atomic mass is 9.86. The summed E-state index contributed by atoms with van der Waals surface area (Å²) in [7, 11) is 0. The number of hydrogen-bond acceptors (Lipinski definition) is 5. The average molecular weight is 360 g/mol. The van der Waals surface area contributed by atoms with Crippen LogP contribution >= 0.6 is 11.3 Å². The number of nitrogens with one attached hydrogen (secondary N) is 1. The molecule has 2 atom stereocenters. The molecule has 2 aromatic rings. The lowest BCUT2D eigenvalue weighted by Crippen LogP contribution is -2.58. The van der Waals surface area contributed by atoms with Crippen LogP contribution in [0.1, 0.15) is 31.4 Å². The Balaban J connectivity index is 1.61. The molecular formula is C18H24N4O2S. The summed E-state index contributed by atoms with van der Waals surface area (Å²) in [5, 5.41) is 12.0. The van der Waals surface area contributed by atoms with Crippen LogP contribution in [0, 0.1) is 0 Å². The van der Waals surface area contributed by atoms with Gasteiger partial charge in [-0.1, -0.05) is 0 Å². The third-order valence-electron chi connectivity index (χ3n) is 5.23. The Labute approximate surface area is 151 Å². The zero-order chi connectivity index (χ0) is 17.3. The van der Waals surface area contributed by atoms with E-state index < -0.39 is 5.54 Å². The van der Waals surface area contributed by atoms with Crippen molar-refractivity contribution < 1.29 is 9.53 Å². The predicted octanol–water partition coefficient (Wildman–Crippen LogP) is 2.01. The van der Waals surface area contributed by atoms with E-state index in [4.69, 9.17) is 4.74 Å². The molecule has 2 fully saturated rings. The monoisotopic (exact) mass is 360 g/mol. The van der Waals surface area contributed by atoms with Crippen LogP contribution in [0.15, 0.2) is 35.3 Å². The normalized spacial score (nSPS) is 26.5. The van der Waals surface area contributed by atoms with Crippen LogP contribution in [-0.4, -0.2) is 52.9 Å². The number of aromatic nitrogens is 2. The fourth-order valence-electron chi connectivity index (χ4n) is 3.96. The maximum absolute atomic E-state index is 13.6. The van der Waals surface area contributed by atoms with Gasteiger partial charge < -0.3 is 15.0 Å². The SMILES string of the molecule is CC1CN(C(=O)C2(n3cccn3)CCNCC2)CC(c2ccsc2)O1. The molecule has 2 unspecified atom stereocenters. The third-order valence-corrected chi connectivity index (χ3v) is 5.94. The standard InChI is InChI=1S/C18H24N4O2S/c1-14-11-21(12-16(24-14)15-3-10-25-13-15)17(23)18(4-7-19-8-5-18)22-9-2-6-20-22/h2-3,6,9-10,13-14,16,19H,4-5,7-8,11-12H2,1H3. The molecule has 0 saturated carbocycles. The van der Waals surface area contributed by atoms with E-state index in [1.54, 1.807) is 17.5 Å². The van der Waals surface area contributed by atoms with Gasteiger partial charge in [-0.15, -0.1) is 0 Å². The van der Waals surface area contributed by atoms with Gasteiger partial charge in [-0.05, 0) is 61.3 Å². The summed E-state index contributed by atoms with van der Waals surface area (Å²) in [6.45, 7) is 4.95. The molecule has 6 nitrogen and oxygen atoms in total. The largest absolute Gasteiger partial charge is 0.367 e. The van der Waals surface area contributed by atoms with Gasteiger partial charge in [0.15, 0.2) is 0 Å². The summed E-state index contributed by atoms with van der Waals surface area (Å²) >= 11 is 1.66. The Morgan fingerprint density at radius 3 is 2.92 bits per heavy atom. The molecule has 4 rings (SSSR count). The van der Waals surface area contributed by atoms with Crippen molar-refractivity contribution in [3.63, 3.8) is 0 Å². The van der Waals surface area contributed by atoms with E-state index >= 15 is 0 Å². The van der Waals surface area contributed by atoms with Crippen LogP contribution in [-0.2, 0) is 15.1 Å². The van der Waals surface area contributed by atoms with Gasteiger partial charge in [-0.2, -0.15) is 16.4 Å². The molecule has 2 saturated heterocycles. The quantitative estimate of drug-likeness (QED) is 0.910. The highest BCUT2D eigenvalue weighted by Crippen LogP contribution is 2.33. The second-order valence-corrected chi connectivity index (χ2v) is 7.71. The summed E-state index contributed by atoms with van der Waals surface area (Å²) in [6, 6.07) is 3.98. The molecule has 25 heavy (non-hydrogen) atoms. The molecule has 1 N–H and O–H groups in total. The van der Waals surface area contributed by atoms with Crippen molar-refractivity contribution >= 4 is 17.2 Å². The van der Waals surface area contributed by atoms with Crippen molar-refractivity contribution in [2.75, 3.05) is 26.2 Å². The molecule has 0 aliphatic carbocycles. The number of amides is 1. The van der Waals surface area contributed by atoms with Crippen molar-refractivity contribution in [2.24, 2.45) is 0 Å². The fraction of sp³-hybridized carbons (Fsp3) is 0.556. The molecule has 134 valence electrons. The minimum absolute atomic E-state index is 0.0268. The van der Waals surface area contributed by atoms with Gasteiger partial charge in [-0.3, -0.25) is 9.48 Å². The number of thiophene rings is 1. The molecule has 0 spiro atoms. The number of carbonyl (C=O) groups is 1. The van der Waals surface area contributed by atoms with Gasteiger partial charge >= 0.3 is 0 Å². The number of carbonyl (C=O) groups excluding carboxylic acids is 1. The second-order valence-electron chi connectivity index (χ2n) is 6.93. The van der Waals surface area contributed by atoms with Crippen LogP contribution in [0.2, 0.25) is 0 Å². The average Bonchev–Trinajstić information content (AvgIpc) is 3.35. The first-order valence-corrected chi connectivity index (χ1v) is 9.81. The van der Waals surface area contributed by atoms with Crippen molar-refractivity contribution in [1.29, 1.82) is 0 Å². The molecule has 2 aliphatic heterocycles. The Morgan fingerprint density at radius 1 is 1.40 bits per heavy atom. The second kappa shape index (κ2) is 6.90. The summed E-state index contributed by atoms with van der Waals surface area (Å²) in [5.41, 5.74) is 0.582. The van der Waals surface area contributed by atoms with E-state index in [2.05, 4.69) is 27.2 Å². The van der Waals surface area contributed by atoms with Gasteiger partial charge in [0.25, 0.3) is 5.91 Å². The molecule has 2 aliphatic rings. The highest BCUT2D eigenvalue weighted by Gasteiger charge is 2.46. The molecule has 7 heteroatoms. The van der Waals surface area contributed by atoms with E-state index in [1.807, 2.05) is 28.8 Å². The number of nitrogens with zero attached hydrogens (tertiary/aromatic N) is 3. The van der Waals surface area contributed by atoms with E-state index in [9.17, 15) is 4.79 Å². The van der Waals surface area contributed by atoms with Crippen LogP contribution in [0.4, 0.5) is 0 Å². The molecule has 1 amide bonds. The topological polar surface area (TPSA) is 59.4 Å². The maximum Gasteiger partial charge on any atom is 0.250 e. The summed E-state index contributed by atoms with van der Waals surface area (Å²) in [4.78, 5) is 15.6. The minimum Gasteiger partial charge on any atom is -0.367 e. The molecule has 2 aromatic heterocycles. The van der Waals surface area contributed by atoms with E-state index in [1.165, 1.54) is 0 Å². The Kier molecular flexibility index (Phi) is 4.62. The maximum atomic E-state index is 13.6. The summed E-state index contributed by atoms with van der Waals surface area (Å²) in [6.07, 6.45) is 5.19. The molecule has 0 aromatic carbocycles. The first-order valence-electron chi connectivity index (χ1n) is 8.87. The predicted molar refractivity (Wildman–Crippen MR) is 96.5 cm³/mol. The molecule has 4 heterocycles. The van der Waals surface area contributed by atoms with Crippen molar-refractivity contribution in [3.05, 3.63) is 40.8 Å². The van der Waals surface area contributed by atoms with Crippen molar-refractivity contribution in [3.8, 4) is 0 Å². The van der Waals surface area contributed by atoms with Crippen LogP contribution < -0.4 is 5.32 Å². The van der Waals surface area contributed by atoms with Crippen LogP contribution in [0.3, 0.4) is 0 Å². The number of hydrogen-bond donors (Lipinski definition) is 1. The molecular weight excluding hydrogens is 336 g/mol. The van der Waals surface area contributed by atoms with Crippen molar-refractivity contribution in [1.82, 2.24) is 20.0 Å². The Bertz CT molecular complexity index is 695. The highest BCUT2D eigenvalue weighted by atomic mass is 32.1. The Morgan fingerprint density at radius 2 is 2.24 bits per heavy atom. The van der Waals surface area contributed by atoms with Crippen LogP contribution in [0.5, 0.6) is 0 Å². The van der Waals surface area contributed by atoms with Gasteiger partial charge in [0.2, 0.25) is 0 Å². The van der Waals surface area contributed by atoms with E-state index in [-0.39, 0.29) is 18.1 Å². The summed E-state index contributed by atoms with van der Waals surface area (Å²) < 4.78 is 7.97. The number of morpholine rings is 1. The third kappa shape index (κ3) is 3.12. The van der Waals surface area contributed by atoms with Gasteiger partial charge in [0.1, 0.15) is 11.6 Å². The minimum atomic E-state index is -0.578. The van der Waals surface area contributed by atoms with E-state index in [0.29, 0.717) is 13.1 Å². The smallest absolute Gasteiger partial charge is 0.250 e. The number of piperidine rings is 1. The van der Waals surface area contributed by atoms with Crippen LogP contribution in [0.25, 0.3) is 0 Å². The van der Waals surface area contributed by atoms with Crippen molar-refractivity contribution in [2.45, 2.75) is 37.5 Å². The first-order chi connectivity index (χ1) is 12.2. The molecule has 0 radical (unpaired) electrons. The lowest BCUT2D eigenvalue weighted by Gasteiger charge is -2.44. The fourth-order valence-corrected chi connectivity index (χ4v) is 4.66. The summed E-state index contributed by atoms with van der Waals surface area (Å²) in [5.74, 6) is 0.174. The Hall–Kier alpha value is -1.70. The van der Waals surface area contributed by atoms with Gasteiger partial charge in [0, 0.05) is 18.9 Å². The van der Waals surface area contributed by atoms with E-state index in [0.717, 1.165) is 31.5 Å². The van der Waals surface area contributed by atoms with Gasteiger partial charge in [-0.25, -0.2) is 0 Å². The number of rotatable bonds is 3. The zero-order valence-corrected chi connectivity index (χ0v) is 15.2. The zero-order valence-electron chi connectivity index (χ0n) is 14.4. The first kappa shape index (κ1) is 16.8. The highest BCUT2D eigenvalue weighted by molar-refractivity contribution is 7.07. The lowest BCUT2D eigenvalue weighted by molar-refractivity contribution is -0.156. The van der Waals surface area contributed by atoms with Gasteiger partial charge in [0.05, 0.1) is 12.6 Å². The number of ether oxygens (including phenoxy) is 1.